The molecule has 0 N–H and O–H groups in total. The number of aromatic nitrogens is 1. The van der Waals surface area contributed by atoms with Crippen LogP contribution in [0.1, 0.15) is 43.6 Å². The quantitative estimate of drug-likeness (QED) is 0.251. The average molecular weight is 418 g/mol. The highest BCUT2D eigenvalue weighted by atomic mass is 16.6. The molecule has 7 heteroatoms. The minimum absolute atomic E-state index is 0.0496. The van der Waals surface area contributed by atoms with E-state index in [-0.39, 0.29) is 30.5 Å². The fraction of sp³-hybridized carbons (Fsp3) is 0.609. The lowest BCUT2D eigenvalue weighted by Crippen LogP contribution is -2.36. The normalized spacial score (nSPS) is 17.1. The van der Waals surface area contributed by atoms with Gasteiger partial charge in [0, 0.05) is 25.3 Å². The summed E-state index contributed by atoms with van der Waals surface area (Å²) in [6.45, 7) is 9.93. The van der Waals surface area contributed by atoms with Crippen LogP contribution in [0.3, 0.4) is 0 Å². The molecule has 0 fully saturated rings. The van der Waals surface area contributed by atoms with E-state index in [0.29, 0.717) is 0 Å². The van der Waals surface area contributed by atoms with Crippen LogP contribution in [0, 0.1) is 19.8 Å². The zero-order valence-electron chi connectivity index (χ0n) is 19.1. The Morgan fingerprint density at radius 1 is 1.33 bits per heavy atom. The van der Waals surface area contributed by atoms with E-state index >= 15 is 0 Å². The van der Waals surface area contributed by atoms with E-state index in [9.17, 15) is 4.79 Å². The van der Waals surface area contributed by atoms with Gasteiger partial charge in [0.1, 0.15) is 12.2 Å². The molecule has 30 heavy (non-hydrogen) atoms. The van der Waals surface area contributed by atoms with Crippen molar-refractivity contribution in [3.05, 3.63) is 35.2 Å². The van der Waals surface area contributed by atoms with E-state index in [0.717, 1.165) is 31.6 Å². The largest absolute Gasteiger partial charge is 0.469 e. The Labute approximate surface area is 180 Å². The Morgan fingerprint density at radius 3 is 2.80 bits per heavy atom. The number of carbonyl (C=O) groups is 1. The molecule has 0 bridgehead atoms. The van der Waals surface area contributed by atoms with Gasteiger partial charge in [-0.15, -0.1) is 0 Å². The summed E-state index contributed by atoms with van der Waals surface area (Å²) < 4.78 is 10.1. The van der Waals surface area contributed by atoms with Crippen LogP contribution < -0.4 is 4.90 Å². The van der Waals surface area contributed by atoms with Gasteiger partial charge in [-0.3, -0.25) is 9.78 Å². The van der Waals surface area contributed by atoms with Gasteiger partial charge in [-0.25, -0.2) is 0 Å². The monoisotopic (exact) mass is 417 g/mol. The van der Waals surface area contributed by atoms with Gasteiger partial charge in [0.15, 0.2) is 0 Å². The predicted octanol–water partition coefficient (Wildman–Crippen LogP) is 3.61. The van der Waals surface area contributed by atoms with Gasteiger partial charge < -0.3 is 19.2 Å². The predicted molar refractivity (Wildman–Crippen MR) is 119 cm³/mol. The number of methoxy groups -OCH3 is 2. The summed E-state index contributed by atoms with van der Waals surface area (Å²) in [6, 6.07) is 2.23. The molecule has 2 heterocycles. The minimum Gasteiger partial charge on any atom is -0.469 e. The number of ether oxygens (including phenoxy) is 2. The SMILES string of the molecule is COC(=O)C/C=C\[C@@H](C)[C@@H](/C=N\O[C@@H](C)CN1CCCc2nc(C)c(C)cc21)OC. The maximum atomic E-state index is 11.2. The van der Waals surface area contributed by atoms with Crippen molar-refractivity contribution < 1.29 is 19.1 Å². The molecular formula is C23H35N3O4. The van der Waals surface area contributed by atoms with E-state index in [1.54, 1.807) is 19.4 Å². The van der Waals surface area contributed by atoms with E-state index in [1.807, 2.05) is 19.9 Å². The van der Waals surface area contributed by atoms with Crippen molar-refractivity contribution in [1.29, 1.82) is 0 Å². The fourth-order valence-corrected chi connectivity index (χ4v) is 3.47. The number of carbonyl (C=O) groups excluding carboxylic acids is 1. The van der Waals surface area contributed by atoms with Crippen molar-refractivity contribution in [3.63, 3.8) is 0 Å². The van der Waals surface area contributed by atoms with Crippen molar-refractivity contribution in [1.82, 2.24) is 4.98 Å². The summed E-state index contributed by atoms with van der Waals surface area (Å²) in [6.07, 6.45) is 7.42. The summed E-state index contributed by atoms with van der Waals surface area (Å²) in [5.74, 6) is -0.216. The van der Waals surface area contributed by atoms with Crippen LogP contribution in [0.4, 0.5) is 5.69 Å². The molecule has 0 saturated carbocycles. The van der Waals surface area contributed by atoms with E-state index in [2.05, 4.69) is 34.7 Å². The van der Waals surface area contributed by atoms with Crippen LogP contribution in [0.2, 0.25) is 0 Å². The first-order valence-electron chi connectivity index (χ1n) is 10.5. The first-order valence-corrected chi connectivity index (χ1v) is 10.5. The third-order valence-corrected chi connectivity index (χ3v) is 5.37. The average Bonchev–Trinajstić information content (AvgIpc) is 2.72. The molecule has 0 spiro atoms. The maximum Gasteiger partial charge on any atom is 0.309 e. The Kier molecular flexibility index (Phi) is 9.30. The van der Waals surface area contributed by atoms with Gasteiger partial charge in [-0.1, -0.05) is 24.2 Å². The molecule has 1 aliphatic rings. The highest BCUT2D eigenvalue weighted by Gasteiger charge is 2.21. The highest BCUT2D eigenvalue weighted by molar-refractivity contribution is 5.71. The topological polar surface area (TPSA) is 73.3 Å². The van der Waals surface area contributed by atoms with Crippen molar-refractivity contribution in [2.45, 2.75) is 59.2 Å². The van der Waals surface area contributed by atoms with Crippen LogP contribution in [0.15, 0.2) is 23.4 Å². The number of rotatable bonds is 10. The number of esters is 1. The van der Waals surface area contributed by atoms with Crippen molar-refractivity contribution in [3.8, 4) is 0 Å². The molecule has 7 nitrogen and oxygen atoms in total. The van der Waals surface area contributed by atoms with Crippen molar-refractivity contribution >= 4 is 17.9 Å². The van der Waals surface area contributed by atoms with Crippen LogP contribution in [0.25, 0.3) is 0 Å². The summed E-state index contributed by atoms with van der Waals surface area (Å²) in [7, 11) is 3.01. The molecule has 0 aromatic carbocycles. The first kappa shape index (κ1) is 23.9. The summed E-state index contributed by atoms with van der Waals surface area (Å²) in [5.41, 5.74) is 4.70. The molecule has 1 aliphatic heterocycles. The Balaban J connectivity index is 1.89. The fourth-order valence-electron chi connectivity index (χ4n) is 3.47. The summed E-state index contributed by atoms with van der Waals surface area (Å²) in [5, 5.41) is 4.16. The number of pyridine rings is 1. The summed E-state index contributed by atoms with van der Waals surface area (Å²) >= 11 is 0. The maximum absolute atomic E-state index is 11.2. The Hall–Kier alpha value is -2.41. The van der Waals surface area contributed by atoms with E-state index < -0.39 is 0 Å². The van der Waals surface area contributed by atoms with Crippen molar-refractivity contribution in [2.75, 3.05) is 32.2 Å². The molecule has 0 amide bonds. The van der Waals surface area contributed by atoms with E-state index in [4.69, 9.17) is 14.6 Å². The standard InChI is InChI=1S/C23H35N3O4/c1-16(9-7-11-23(27)29-6)22(28-5)14-24-30-18(3)15-26-12-8-10-20-21(26)13-17(2)19(4)25-20/h7,9,13-14,16,18,22H,8,10-12,15H2,1-6H3/b9-7-,24-14-/t16-,18+,22-/m1/s1. The Bertz CT molecular complexity index is 763. The molecule has 166 valence electrons. The van der Waals surface area contributed by atoms with Gasteiger partial charge in [-0.05, 0) is 45.2 Å². The number of hydrogen-bond acceptors (Lipinski definition) is 7. The van der Waals surface area contributed by atoms with Gasteiger partial charge >= 0.3 is 5.97 Å². The lowest BCUT2D eigenvalue weighted by Gasteiger charge is -2.32. The Morgan fingerprint density at radius 2 is 2.10 bits per heavy atom. The van der Waals surface area contributed by atoms with Gasteiger partial charge in [0.25, 0.3) is 0 Å². The number of anilines is 1. The number of aryl methyl sites for hydroxylation is 3. The van der Waals surface area contributed by atoms with E-state index in [1.165, 1.54) is 24.1 Å². The smallest absolute Gasteiger partial charge is 0.309 e. The lowest BCUT2D eigenvalue weighted by molar-refractivity contribution is -0.139. The molecule has 0 radical (unpaired) electrons. The molecule has 1 aromatic rings. The highest BCUT2D eigenvalue weighted by Crippen LogP contribution is 2.28. The van der Waals surface area contributed by atoms with Crippen LogP contribution >= 0.6 is 0 Å². The van der Waals surface area contributed by atoms with Gasteiger partial charge in [0.05, 0.1) is 37.7 Å². The molecule has 0 unspecified atom stereocenters. The van der Waals surface area contributed by atoms with Gasteiger partial charge in [-0.2, -0.15) is 0 Å². The minimum atomic E-state index is -0.266. The molecule has 0 saturated heterocycles. The third kappa shape index (κ3) is 6.83. The first-order chi connectivity index (χ1) is 14.3. The lowest BCUT2D eigenvalue weighted by atomic mass is 10.0. The number of oxime groups is 1. The molecule has 0 aliphatic carbocycles. The third-order valence-electron chi connectivity index (χ3n) is 5.37. The summed E-state index contributed by atoms with van der Waals surface area (Å²) in [4.78, 5) is 24.0. The molecule has 3 atom stereocenters. The van der Waals surface area contributed by atoms with Crippen LogP contribution in [-0.2, 0) is 25.5 Å². The second-order valence-electron chi connectivity index (χ2n) is 7.84. The second kappa shape index (κ2) is 11.7. The number of hydrogen-bond donors (Lipinski definition) is 0. The zero-order valence-corrected chi connectivity index (χ0v) is 19.1. The van der Waals surface area contributed by atoms with Crippen LogP contribution in [0.5, 0.6) is 0 Å². The molecule has 1 aromatic heterocycles. The van der Waals surface area contributed by atoms with Crippen LogP contribution in [-0.4, -0.2) is 56.7 Å². The van der Waals surface area contributed by atoms with Crippen molar-refractivity contribution in [2.24, 2.45) is 11.1 Å². The molecular weight excluding hydrogens is 382 g/mol. The molecule has 2 rings (SSSR count). The number of fused-ring (bicyclic) bond motifs is 1. The number of nitrogens with zero attached hydrogens (tertiary/aromatic N) is 3. The zero-order chi connectivity index (χ0) is 22.1. The van der Waals surface area contributed by atoms with Gasteiger partial charge in [0.2, 0.25) is 0 Å². The second-order valence-corrected chi connectivity index (χ2v) is 7.84.